The van der Waals surface area contributed by atoms with Crippen LogP contribution in [0.4, 0.5) is 0 Å². The fourth-order valence-electron chi connectivity index (χ4n) is 6.25. The van der Waals surface area contributed by atoms with Gasteiger partial charge in [-0.2, -0.15) is 0 Å². The van der Waals surface area contributed by atoms with Crippen LogP contribution in [0.2, 0.25) is 0 Å². The maximum Gasteiger partial charge on any atom is 0.472 e. The number of carbonyl (C=O) groups is 1. The molecule has 0 aromatic heterocycles. The van der Waals surface area contributed by atoms with Crippen LogP contribution in [-0.2, 0) is 18.4 Å². The van der Waals surface area contributed by atoms with Crippen LogP contribution in [0.25, 0.3) is 0 Å². The summed E-state index contributed by atoms with van der Waals surface area (Å²) in [6.45, 7) is 4.78. The van der Waals surface area contributed by atoms with Gasteiger partial charge in [-0.15, -0.1) is 0 Å². The monoisotopic (exact) mass is 784 g/mol. The summed E-state index contributed by atoms with van der Waals surface area (Å²) in [5.74, 6) is -0.184. The van der Waals surface area contributed by atoms with Crippen molar-refractivity contribution in [2.24, 2.45) is 0 Å². The van der Waals surface area contributed by atoms with Crippen molar-refractivity contribution in [3.05, 3.63) is 36.5 Å². The zero-order valence-electron chi connectivity index (χ0n) is 36.0. The number of allylic oxidation sites excluding steroid dienone is 5. The first-order chi connectivity index (χ1) is 26.0. The van der Waals surface area contributed by atoms with Crippen LogP contribution in [0.5, 0.6) is 0 Å². The van der Waals surface area contributed by atoms with E-state index in [-0.39, 0.29) is 19.1 Å². The Bertz CT molecular complexity index is 980. The Hall–Kier alpha value is -1.28. The van der Waals surface area contributed by atoms with Crippen LogP contribution in [0, 0.1) is 0 Å². The summed E-state index contributed by atoms with van der Waals surface area (Å²) < 4.78 is 23.5. The van der Waals surface area contributed by atoms with E-state index in [0.29, 0.717) is 17.4 Å². The van der Waals surface area contributed by atoms with Crippen LogP contribution < -0.4 is 5.32 Å². The van der Waals surface area contributed by atoms with Gasteiger partial charge >= 0.3 is 7.82 Å². The van der Waals surface area contributed by atoms with Crippen LogP contribution in [0.15, 0.2) is 36.5 Å². The van der Waals surface area contributed by atoms with Crippen LogP contribution in [-0.4, -0.2) is 73.4 Å². The van der Waals surface area contributed by atoms with E-state index < -0.39 is 20.0 Å². The summed E-state index contributed by atoms with van der Waals surface area (Å²) in [5.41, 5.74) is 0. The minimum atomic E-state index is -4.33. The van der Waals surface area contributed by atoms with Gasteiger partial charge in [0.2, 0.25) is 5.91 Å². The molecular weight excluding hydrogens is 695 g/mol. The maximum absolute atomic E-state index is 12.9. The Morgan fingerprint density at radius 1 is 0.630 bits per heavy atom. The van der Waals surface area contributed by atoms with E-state index in [1.54, 1.807) is 6.08 Å². The zero-order valence-corrected chi connectivity index (χ0v) is 36.9. The molecule has 3 N–H and O–H groups in total. The predicted molar refractivity (Wildman–Crippen MR) is 231 cm³/mol. The number of phosphoric ester groups is 1. The van der Waals surface area contributed by atoms with Crippen molar-refractivity contribution in [1.82, 2.24) is 5.32 Å². The molecule has 0 radical (unpaired) electrons. The van der Waals surface area contributed by atoms with Gasteiger partial charge in [0.25, 0.3) is 0 Å². The molecule has 9 heteroatoms. The lowest BCUT2D eigenvalue weighted by molar-refractivity contribution is -0.870. The van der Waals surface area contributed by atoms with Crippen molar-refractivity contribution in [2.45, 2.75) is 206 Å². The molecule has 0 saturated heterocycles. The molecule has 0 aliphatic rings. The van der Waals surface area contributed by atoms with E-state index >= 15 is 0 Å². The lowest BCUT2D eigenvalue weighted by Crippen LogP contribution is -2.45. The molecule has 1 amide bonds. The number of nitrogens with one attached hydrogen (secondary N) is 1. The molecule has 0 spiro atoms. The second-order valence-electron chi connectivity index (χ2n) is 16.4. The number of nitrogens with zero attached hydrogens (tertiary/aromatic N) is 1. The molecule has 8 nitrogen and oxygen atoms in total. The number of rotatable bonds is 40. The van der Waals surface area contributed by atoms with Gasteiger partial charge in [0.05, 0.1) is 39.9 Å². The first-order valence-electron chi connectivity index (χ1n) is 22.4. The van der Waals surface area contributed by atoms with Crippen molar-refractivity contribution >= 4 is 13.7 Å². The Morgan fingerprint density at radius 2 is 1.06 bits per heavy atom. The molecule has 0 aliphatic carbocycles. The average molecular weight is 784 g/mol. The fourth-order valence-corrected chi connectivity index (χ4v) is 6.98. The van der Waals surface area contributed by atoms with Gasteiger partial charge in [0.15, 0.2) is 0 Å². The molecule has 0 saturated carbocycles. The zero-order chi connectivity index (χ0) is 40.0. The summed E-state index contributed by atoms with van der Waals surface area (Å²) in [6.07, 6.45) is 44.9. The van der Waals surface area contributed by atoms with E-state index in [9.17, 15) is 19.4 Å². The van der Waals surface area contributed by atoms with Crippen molar-refractivity contribution in [3.8, 4) is 0 Å². The summed E-state index contributed by atoms with van der Waals surface area (Å²) in [6, 6.07) is -0.846. The maximum atomic E-state index is 12.9. The highest BCUT2D eigenvalue weighted by Gasteiger charge is 2.27. The van der Waals surface area contributed by atoms with E-state index in [1.165, 1.54) is 128 Å². The number of phosphoric acid groups is 1. The summed E-state index contributed by atoms with van der Waals surface area (Å²) in [5, 5.41) is 13.8. The average Bonchev–Trinajstić information content (AvgIpc) is 3.12. The number of hydrogen-bond donors (Lipinski definition) is 3. The quantitative estimate of drug-likeness (QED) is 0.0247. The van der Waals surface area contributed by atoms with E-state index in [1.807, 2.05) is 27.2 Å². The minimum Gasteiger partial charge on any atom is -0.387 e. The summed E-state index contributed by atoms with van der Waals surface area (Å²) in [4.78, 5) is 23.1. The van der Waals surface area contributed by atoms with Crippen molar-refractivity contribution in [2.75, 3.05) is 40.9 Å². The molecule has 0 bridgehead atoms. The number of amides is 1. The van der Waals surface area contributed by atoms with E-state index in [0.717, 1.165) is 44.9 Å². The molecule has 0 aromatic rings. The van der Waals surface area contributed by atoms with Gasteiger partial charge in [0, 0.05) is 6.42 Å². The minimum absolute atomic E-state index is 0.0603. The number of carbonyl (C=O) groups excluding carboxylic acids is 1. The number of hydrogen-bond acceptors (Lipinski definition) is 5. The first-order valence-corrected chi connectivity index (χ1v) is 23.9. The normalized spacial score (nSPS) is 14.7. The molecule has 3 unspecified atom stereocenters. The Kier molecular flexibility index (Phi) is 36.4. The Balaban J connectivity index is 4.33. The molecule has 54 heavy (non-hydrogen) atoms. The van der Waals surface area contributed by atoms with E-state index in [2.05, 4.69) is 43.5 Å². The second kappa shape index (κ2) is 37.3. The highest BCUT2D eigenvalue weighted by Crippen LogP contribution is 2.43. The van der Waals surface area contributed by atoms with Crippen LogP contribution >= 0.6 is 7.82 Å². The van der Waals surface area contributed by atoms with Gasteiger partial charge in [0.1, 0.15) is 13.2 Å². The fraction of sp³-hybridized carbons (Fsp3) is 0.844. The lowest BCUT2D eigenvalue weighted by Gasteiger charge is -2.25. The number of unbranched alkanes of at least 4 members (excludes halogenated alkanes) is 23. The molecule has 0 fully saturated rings. The number of likely N-dealkylation sites (N-methyl/N-ethyl adjacent to an activating group) is 1. The van der Waals surface area contributed by atoms with Gasteiger partial charge in [-0.1, -0.05) is 172 Å². The topological polar surface area (TPSA) is 105 Å². The number of aliphatic hydroxyl groups is 1. The molecular formula is C45H88N2O6P+. The third kappa shape index (κ3) is 39.0. The third-order valence-electron chi connectivity index (χ3n) is 9.85. The number of quaternary nitrogens is 1. The highest BCUT2D eigenvalue weighted by atomic mass is 31.2. The van der Waals surface area contributed by atoms with Crippen molar-refractivity contribution in [1.29, 1.82) is 0 Å². The third-order valence-corrected chi connectivity index (χ3v) is 10.8. The van der Waals surface area contributed by atoms with Crippen molar-refractivity contribution < 1.29 is 32.9 Å². The molecule has 0 aromatic carbocycles. The van der Waals surface area contributed by atoms with Gasteiger partial charge in [-0.05, 0) is 51.4 Å². The molecule has 0 aliphatic heterocycles. The summed E-state index contributed by atoms with van der Waals surface area (Å²) >= 11 is 0. The van der Waals surface area contributed by atoms with Gasteiger partial charge < -0.3 is 19.8 Å². The number of aliphatic hydroxyl groups excluding tert-OH is 1. The highest BCUT2D eigenvalue weighted by molar-refractivity contribution is 7.47. The van der Waals surface area contributed by atoms with Gasteiger partial charge in [-0.3, -0.25) is 13.8 Å². The molecule has 3 atom stereocenters. The summed E-state index contributed by atoms with van der Waals surface area (Å²) in [7, 11) is 1.57. The van der Waals surface area contributed by atoms with Crippen molar-refractivity contribution in [3.63, 3.8) is 0 Å². The largest absolute Gasteiger partial charge is 0.472 e. The molecule has 0 rings (SSSR count). The van der Waals surface area contributed by atoms with Crippen LogP contribution in [0.1, 0.15) is 194 Å². The van der Waals surface area contributed by atoms with Crippen LogP contribution in [0.3, 0.4) is 0 Å². The van der Waals surface area contributed by atoms with E-state index in [4.69, 9.17) is 9.05 Å². The second-order valence-corrected chi connectivity index (χ2v) is 17.9. The molecule has 318 valence electrons. The predicted octanol–water partition coefficient (Wildman–Crippen LogP) is 12.3. The molecule has 0 heterocycles. The first kappa shape index (κ1) is 52.7. The standard InChI is InChI=1S/C45H87N2O6P/c1-6-8-10-12-14-16-18-19-20-21-22-23-24-25-26-27-29-31-33-35-37-39-45(49)46-43(42-53-54(50,51)52-41-40-47(3,4)5)44(48)38-36-34-32-30-28-17-15-13-11-9-7-2/h18-19,21-22,36,38,43-44,48H,6-17,20,23-35,37,39-42H2,1-5H3,(H-,46,49,50,51)/p+1/b19-18-,22-21-,38-36+. The Morgan fingerprint density at radius 3 is 1.52 bits per heavy atom. The SMILES string of the molecule is CCCCCCC/C=C\C/C=C\CCCCCCCCCCCC(=O)NC(COP(=O)(O)OCC[N+](C)(C)C)C(O)/C=C/CCCCCCCCCCC. The lowest BCUT2D eigenvalue weighted by atomic mass is 10.0. The van der Waals surface area contributed by atoms with Gasteiger partial charge in [-0.25, -0.2) is 4.57 Å². The Labute approximate surface area is 334 Å². The smallest absolute Gasteiger partial charge is 0.387 e.